The highest BCUT2D eigenvalue weighted by atomic mass is 28.3. The summed E-state index contributed by atoms with van der Waals surface area (Å²) in [6, 6.07) is 20.0. The fourth-order valence-electron chi connectivity index (χ4n) is 2.70. The molecule has 2 aromatic carbocycles. The molecule has 0 amide bonds. The van der Waals surface area contributed by atoms with Crippen molar-refractivity contribution in [1.29, 1.82) is 0 Å². The molecule has 0 bridgehead atoms. The van der Waals surface area contributed by atoms with E-state index >= 15 is 0 Å². The van der Waals surface area contributed by atoms with E-state index in [0.717, 1.165) is 11.1 Å². The van der Waals surface area contributed by atoms with Crippen molar-refractivity contribution in [2.24, 2.45) is 0 Å². The lowest BCUT2D eigenvalue weighted by atomic mass is 9.90. The number of ether oxygens (including phenoxy) is 1. The van der Waals surface area contributed by atoms with E-state index in [1.165, 1.54) is 0 Å². The Morgan fingerprint density at radius 2 is 1.32 bits per heavy atom. The third kappa shape index (κ3) is 3.73. The molecule has 22 heavy (non-hydrogen) atoms. The lowest BCUT2D eigenvalue weighted by molar-refractivity contribution is -0.117. The molecule has 0 radical (unpaired) electrons. The van der Waals surface area contributed by atoms with E-state index in [4.69, 9.17) is 4.74 Å². The fourth-order valence-corrected chi connectivity index (χ4v) is 3.95. The van der Waals surface area contributed by atoms with Gasteiger partial charge in [0.05, 0.1) is 12.0 Å². The summed E-state index contributed by atoms with van der Waals surface area (Å²) in [5, 5.41) is 0.328. The zero-order valence-corrected chi connectivity index (χ0v) is 14.7. The first-order valence-electron chi connectivity index (χ1n) is 7.62. The van der Waals surface area contributed by atoms with Crippen LogP contribution in [0.4, 0.5) is 0 Å². The van der Waals surface area contributed by atoms with Crippen molar-refractivity contribution in [1.82, 2.24) is 0 Å². The maximum atomic E-state index is 13.1. The predicted octanol–water partition coefficient (Wildman–Crippen LogP) is 4.60. The molecule has 0 spiro atoms. The van der Waals surface area contributed by atoms with Crippen LogP contribution in [-0.2, 0) is 9.53 Å². The first-order valence-corrected chi connectivity index (χ1v) is 11.1. The van der Waals surface area contributed by atoms with E-state index in [2.05, 4.69) is 19.6 Å². The summed E-state index contributed by atoms with van der Waals surface area (Å²) in [7, 11) is -0.252. The van der Waals surface area contributed by atoms with Crippen molar-refractivity contribution >= 4 is 13.5 Å². The molecule has 0 saturated carbocycles. The number of carbonyl (C=O) groups is 1. The summed E-state index contributed by atoms with van der Waals surface area (Å²) in [5.41, 5.74) is 2.08. The second-order valence-corrected chi connectivity index (χ2v) is 11.6. The number of carbonyl (C=O) groups excluding carboxylic acids is 1. The quantitative estimate of drug-likeness (QED) is 0.728. The van der Waals surface area contributed by atoms with Crippen LogP contribution in [0.25, 0.3) is 0 Å². The van der Waals surface area contributed by atoms with Crippen LogP contribution in [0, 0.1) is 0 Å². The smallest absolute Gasteiger partial charge is 0.124 e. The van der Waals surface area contributed by atoms with Gasteiger partial charge >= 0.3 is 0 Å². The predicted molar refractivity (Wildman–Crippen MR) is 93.7 cm³/mol. The summed E-state index contributed by atoms with van der Waals surface area (Å²) in [4.78, 5) is 13.1. The Bertz CT molecular complexity index is 602. The number of benzene rings is 2. The lowest BCUT2D eigenvalue weighted by Gasteiger charge is -2.30. The number of rotatable bonds is 6. The minimum atomic E-state index is -1.94. The fraction of sp³-hybridized carbons (Fsp3) is 0.316. The van der Waals surface area contributed by atoms with E-state index in [1.54, 1.807) is 7.11 Å². The monoisotopic (exact) mass is 312 g/mol. The van der Waals surface area contributed by atoms with Gasteiger partial charge in [-0.2, -0.15) is 0 Å². The Morgan fingerprint density at radius 1 is 0.864 bits per heavy atom. The molecule has 0 aliphatic heterocycles. The van der Waals surface area contributed by atoms with Crippen molar-refractivity contribution in [3.63, 3.8) is 0 Å². The van der Waals surface area contributed by atoms with Crippen LogP contribution < -0.4 is 0 Å². The van der Waals surface area contributed by atoms with Gasteiger partial charge in [-0.25, -0.2) is 0 Å². The van der Waals surface area contributed by atoms with Crippen LogP contribution in [0.2, 0.25) is 19.6 Å². The Balaban J connectivity index is 2.50. The third-order valence-electron chi connectivity index (χ3n) is 3.87. The molecular formula is C19H24O2Si. The molecule has 2 nitrogen and oxygen atoms in total. The van der Waals surface area contributed by atoms with Crippen LogP contribution in [0.5, 0.6) is 0 Å². The van der Waals surface area contributed by atoms with Gasteiger partial charge in [0.15, 0.2) is 0 Å². The Kier molecular flexibility index (Phi) is 5.32. The van der Waals surface area contributed by atoms with Gasteiger partial charge in [0.25, 0.3) is 0 Å². The standard InChI is InChI=1S/C19H24O2Si/c1-21-18(16-13-9-6-10-14-16)17(19(20)22(2,3)4)15-11-7-5-8-12-15/h5-14,17-18H,1-4H3/t17-,18-/m0/s1. The summed E-state index contributed by atoms with van der Waals surface area (Å²) < 4.78 is 5.77. The highest BCUT2D eigenvalue weighted by molar-refractivity contribution is 7.04. The van der Waals surface area contributed by atoms with Gasteiger partial charge in [0.1, 0.15) is 13.5 Å². The summed E-state index contributed by atoms with van der Waals surface area (Å²) >= 11 is 0. The molecule has 0 aliphatic carbocycles. The number of methoxy groups -OCH3 is 1. The van der Waals surface area contributed by atoms with Crippen molar-refractivity contribution < 1.29 is 9.53 Å². The molecule has 3 heteroatoms. The van der Waals surface area contributed by atoms with E-state index in [-0.39, 0.29) is 12.0 Å². The SMILES string of the molecule is CO[C@@H](c1ccccc1)[C@@H](C(=O)[Si](C)(C)C)c1ccccc1. The zero-order chi connectivity index (χ0) is 16.2. The average molecular weight is 312 g/mol. The van der Waals surface area contributed by atoms with Gasteiger partial charge in [-0.3, -0.25) is 0 Å². The Morgan fingerprint density at radius 3 is 1.73 bits per heavy atom. The highest BCUT2D eigenvalue weighted by Crippen LogP contribution is 2.36. The molecule has 0 fully saturated rings. The largest absolute Gasteiger partial charge is 0.376 e. The van der Waals surface area contributed by atoms with Gasteiger partial charge in [0.2, 0.25) is 0 Å². The highest BCUT2D eigenvalue weighted by Gasteiger charge is 2.38. The van der Waals surface area contributed by atoms with Gasteiger partial charge in [-0.15, -0.1) is 0 Å². The molecule has 0 heterocycles. The summed E-state index contributed by atoms with van der Waals surface area (Å²) in [6.07, 6.45) is -0.247. The molecule has 2 rings (SSSR count). The molecular weight excluding hydrogens is 288 g/mol. The maximum absolute atomic E-state index is 13.1. The molecule has 0 N–H and O–H groups in total. The summed E-state index contributed by atoms with van der Waals surface area (Å²) in [6.45, 7) is 6.30. The number of hydrogen-bond acceptors (Lipinski definition) is 2. The third-order valence-corrected chi connectivity index (χ3v) is 5.65. The van der Waals surface area contributed by atoms with Gasteiger partial charge in [0, 0.05) is 7.11 Å². The van der Waals surface area contributed by atoms with Gasteiger partial charge in [-0.05, 0) is 11.1 Å². The molecule has 2 aromatic rings. The molecule has 0 aliphatic rings. The van der Waals surface area contributed by atoms with Crippen LogP contribution in [0.15, 0.2) is 60.7 Å². The Labute approximate surface area is 134 Å². The second-order valence-electron chi connectivity index (χ2n) is 6.57. The minimum Gasteiger partial charge on any atom is -0.376 e. The van der Waals surface area contributed by atoms with E-state index in [0.29, 0.717) is 5.41 Å². The Hall–Kier alpha value is -1.71. The first-order chi connectivity index (χ1) is 10.4. The minimum absolute atomic E-state index is 0.247. The van der Waals surface area contributed by atoms with Crippen LogP contribution in [0.1, 0.15) is 23.1 Å². The van der Waals surface area contributed by atoms with E-state index in [1.807, 2.05) is 60.7 Å². The first kappa shape index (κ1) is 16.7. The van der Waals surface area contributed by atoms with E-state index in [9.17, 15) is 4.79 Å². The maximum Gasteiger partial charge on any atom is 0.124 e. The van der Waals surface area contributed by atoms with Gasteiger partial charge in [-0.1, -0.05) is 80.3 Å². The zero-order valence-electron chi connectivity index (χ0n) is 13.7. The van der Waals surface area contributed by atoms with Crippen LogP contribution in [-0.4, -0.2) is 20.6 Å². The van der Waals surface area contributed by atoms with Gasteiger partial charge < -0.3 is 9.53 Å². The summed E-state index contributed by atoms with van der Waals surface area (Å²) in [5.74, 6) is -0.250. The molecule has 116 valence electrons. The number of hydrogen-bond donors (Lipinski definition) is 0. The topological polar surface area (TPSA) is 26.3 Å². The van der Waals surface area contributed by atoms with Crippen LogP contribution in [0.3, 0.4) is 0 Å². The molecule has 2 atom stereocenters. The second kappa shape index (κ2) is 7.03. The van der Waals surface area contributed by atoms with Crippen molar-refractivity contribution in [2.75, 3.05) is 7.11 Å². The lowest BCUT2D eigenvalue weighted by Crippen LogP contribution is -2.40. The van der Waals surface area contributed by atoms with Crippen molar-refractivity contribution in [2.45, 2.75) is 31.7 Å². The van der Waals surface area contributed by atoms with E-state index < -0.39 is 8.07 Å². The average Bonchev–Trinajstić information content (AvgIpc) is 2.52. The molecule has 0 aromatic heterocycles. The van der Waals surface area contributed by atoms with Crippen molar-refractivity contribution in [3.05, 3.63) is 71.8 Å². The van der Waals surface area contributed by atoms with Crippen molar-refractivity contribution in [3.8, 4) is 0 Å². The normalized spacial score (nSPS) is 14.4. The van der Waals surface area contributed by atoms with Crippen LogP contribution >= 0.6 is 0 Å². The molecule has 0 unspecified atom stereocenters. The molecule has 0 saturated heterocycles.